The Labute approximate surface area is 249 Å². The van der Waals surface area contributed by atoms with Crippen LogP contribution < -0.4 is 24.4 Å². The first-order valence-corrected chi connectivity index (χ1v) is 13.9. The number of carbonyl (C=O) groups excluding carboxylic acids is 2. The monoisotopic (exact) mass is 625 g/mol. The van der Waals surface area contributed by atoms with E-state index in [9.17, 15) is 9.59 Å². The van der Waals surface area contributed by atoms with Crippen molar-refractivity contribution in [1.29, 1.82) is 0 Å². The number of hydrogen-bond donors (Lipinski definition) is 2. The lowest BCUT2D eigenvalue weighted by molar-refractivity contribution is 0.0733. The van der Waals surface area contributed by atoms with Gasteiger partial charge in [-0.15, -0.1) is 0 Å². The maximum Gasteiger partial charge on any atom is 0.343 e. The number of hydrazone groups is 1. The SMILES string of the molecule is CCOc1ccc2[nH]c(C(=O)NN=Cc3cc(Br)ccc3OC(=O)c3ccc4c(c3)OCO4)c(-c3ccccc3)c2c1. The van der Waals surface area contributed by atoms with E-state index in [2.05, 4.69) is 31.4 Å². The summed E-state index contributed by atoms with van der Waals surface area (Å²) in [5, 5.41) is 5.03. The second-order valence-corrected chi connectivity index (χ2v) is 10.1. The summed E-state index contributed by atoms with van der Waals surface area (Å²) in [6.45, 7) is 2.56. The molecule has 0 aliphatic carbocycles. The van der Waals surface area contributed by atoms with Crippen LogP contribution in [0.5, 0.6) is 23.0 Å². The van der Waals surface area contributed by atoms with Crippen molar-refractivity contribution in [3.8, 4) is 34.1 Å². The van der Waals surface area contributed by atoms with Crippen molar-refractivity contribution in [2.45, 2.75) is 6.92 Å². The van der Waals surface area contributed by atoms with E-state index in [0.29, 0.717) is 40.7 Å². The third-order valence-corrected chi connectivity index (χ3v) is 7.02. The fraction of sp³-hybridized carbons (Fsp3) is 0.0938. The van der Waals surface area contributed by atoms with Gasteiger partial charge in [0.2, 0.25) is 6.79 Å². The number of ether oxygens (including phenoxy) is 4. The van der Waals surface area contributed by atoms with Gasteiger partial charge in [-0.25, -0.2) is 10.2 Å². The third-order valence-electron chi connectivity index (χ3n) is 6.52. The molecule has 210 valence electrons. The number of nitrogens with zero attached hydrogens (tertiary/aromatic N) is 1. The summed E-state index contributed by atoms with van der Waals surface area (Å²) in [5.41, 5.74) is 6.12. The summed E-state index contributed by atoms with van der Waals surface area (Å²) in [6, 6.07) is 25.2. The number of fused-ring (bicyclic) bond motifs is 2. The highest BCUT2D eigenvalue weighted by Crippen LogP contribution is 2.35. The number of hydrogen-bond acceptors (Lipinski definition) is 7. The van der Waals surface area contributed by atoms with Crippen LogP contribution in [0.25, 0.3) is 22.0 Å². The lowest BCUT2D eigenvalue weighted by Crippen LogP contribution is -2.19. The average Bonchev–Trinajstić information content (AvgIpc) is 3.63. The van der Waals surface area contributed by atoms with Crippen LogP contribution in [0.15, 0.2) is 94.5 Å². The quantitative estimate of drug-likeness (QED) is 0.0858. The van der Waals surface area contributed by atoms with Crippen LogP contribution in [0, 0.1) is 0 Å². The lowest BCUT2D eigenvalue weighted by atomic mass is 10.0. The smallest absolute Gasteiger partial charge is 0.343 e. The number of amides is 1. The summed E-state index contributed by atoms with van der Waals surface area (Å²) in [6.07, 6.45) is 1.42. The predicted molar refractivity (Wildman–Crippen MR) is 162 cm³/mol. The highest BCUT2D eigenvalue weighted by molar-refractivity contribution is 9.10. The van der Waals surface area contributed by atoms with E-state index in [-0.39, 0.29) is 12.5 Å². The Bertz CT molecular complexity index is 1830. The molecule has 2 N–H and O–H groups in total. The topological polar surface area (TPSA) is 111 Å². The normalized spacial score (nSPS) is 12.0. The molecule has 1 amide bonds. The van der Waals surface area contributed by atoms with Crippen LogP contribution in [-0.2, 0) is 0 Å². The van der Waals surface area contributed by atoms with Crippen molar-refractivity contribution in [3.05, 3.63) is 106 Å². The molecule has 10 heteroatoms. The molecule has 0 bridgehead atoms. The second kappa shape index (κ2) is 11.8. The number of carbonyl (C=O) groups is 2. The Morgan fingerprint density at radius 2 is 1.83 bits per heavy atom. The van der Waals surface area contributed by atoms with Crippen LogP contribution in [-0.4, -0.2) is 36.5 Å². The molecule has 42 heavy (non-hydrogen) atoms. The van der Waals surface area contributed by atoms with E-state index < -0.39 is 11.9 Å². The molecule has 0 atom stereocenters. The summed E-state index contributed by atoms with van der Waals surface area (Å²) < 4.78 is 22.8. The van der Waals surface area contributed by atoms with Crippen molar-refractivity contribution < 1.29 is 28.5 Å². The van der Waals surface area contributed by atoms with Gasteiger partial charge in [0.1, 0.15) is 17.2 Å². The van der Waals surface area contributed by atoms with Crippen molar-refractivity contribution in [2.75, 3.05) is 13.4 Å². The first-order chi connectivity index (χ1) is 20.5. The van der Waals surface area contributed by atoms with Crippen molar-refractivity contribution in [1.82, 2.24) is 10.4 Å². The number of rotatable bonds is 8. The summed E-state index contributed by atoms with van der Waals surface area (Å²) in [5.74, 6) is 1.01. The van der Waals surface area contributed by atoms with Gasteiger partial charge < -0.3 is 23.9 Å². The van der Waals surface area contributed by atoms with E-state index in [4.69, 9.17) is 18.9 Å². The van der Waals surface area contributed by atoms with Gasteiger partial charge in [-0.3, -0.25) is 4.79 Å². The zero-order chi connectivity index (χ0) is 29.1. The molecule has 0 fully saturated rings. The molecular formula is C32H24BrN3O6. The fourth-order valence-electron chi connectivity index (χ4n) is 4.61. The molecule has 6 rings (SSSR count). The molecule has 0 saturated heterocycles. The Balaban J connectivity index is 1.25. The number of esters is 1. The molecule has 1 aliphatic heterocycles. The minimum atomic E-state index is -0.577. The van der Waals surface area contributed by atoms with E-state index in [1.54, 1.807) is 36.4 Å². The number of aromatic amines is 1. The second-order valence-electron chi connectivity index (χ2n) is 9.22. The molecule has 9 nitrogen and oxygen atoms in total. The first kappa shape index (κ1) is 27.1. The molecule has 5 aromatic rings. The molecule has 1 aliphatic rings. The number of H-pyrrole nitrogens is 1. The molecule has 0 spiro atoms. The van der Waals surface area contributed by atoms with E-state index >= 15 is 0 Å². The van der Waals surface area contributed by atoms with E-state index in [1.165, 1.54) is 6.21 Å². The third kappa shape index (κ3) is 5.57. The van der Waals surface area contributed by atoms with Gasteiger partial charge in [0.15, 0.2) is 11.5 Å². The molecule has 1 aromatic heterocycles. The Morgan fingerprint density at radius 3 is 2.67 bits per heavy atom. The molecule has 2 heterocycles. The first-order valence-electron chi connectivity index (χ1n) is 13.1. The highest BCUT2D eigenvalue weighted by atomic mass is 79.9. The van der Waals surface area contributed by atoms with Gasteiger partial charge in [0, 0.05) is 26.5 Å². The lowest BCUT2D eigenvalue weighted by Gasteiger charge is -2.09. The zero-order valence-electron chi connectivity index (χ0n) is 22.3. The summed E-state index contributed by atoms with van der Waals surface area (Å²) in [4.78, 5) is 29.5. The van der Waals surface area contributed by atoms with Gasteiger partial charge in [-0.05, 0) is 67.1 Å². The van der Waals surface area contributed by atoms with Gasteiger partial charge >= 0.3 is 5.97 Å². The Morgan fingerprint density at radius 1 is 1.00 bits per heavy atom. The minimum absolute atomic E-state index is 0.104. The zero-order valence-corrected chi connectivity index (χ0v) is 23.9. The molecule has 0 unspecified atom stereocenters. The average molecular weight is 626 g/mol. The van der Waals surface area contributed by atoms with Crippen molar-refractivity contribution in [3.63, 3.8) is 0 Å². The predicted octanol–water partition coefficient (Wildman–Crippen LogP) is 6.71. The maximum atomic E-state index is 13.4. The number of nitrogens with one attached hydrogen (secondary N) is 2. The van der Waals surface area contributed by atoms with Crippen LogP contribution in [0.4, 0.5) is 0 Å². The largest absolute Gasteiger partial charge is 0.494 e. The fourth-order valence-corrected chi connectivity index (χ4v) is 4.99. The summed E-state index contributed by atoms with van der Waals surface area (Å²) in [7, 11) is 0. The van der Waals surface area contributed by atoms with Gasteiger partial charge in [0.25, 0.3) is 5.91 Å². The molecular weight excluding hydrogens is 602 g/mol. The van der Waals surface area contributed by atoms with E-state index in [1.807, 2.05) is 55.5 Å². The maximum absolute atomic E-state index is 13.4. The van der Waals surface area contributed by atoms with Crippen LogP contribution in [0.1, 0.15) is 33.3 Å². The van der Waals surface area contributed by atoms with Gasteiger partial charge in [-0.1, -0.05) is 46.3 Å². The van der Waals surface area contributed by atoms with Crippen molar-refractivity contribution in [2.24, 2.45) is 5.10 Å². The summed E-state index contributed by atoms with van der Waals surface area (Å²) >= 11 is 3.44. The highest BCUT2D eigenvalue weighted by Gasteiger charge is 2.21. The number of aromatic nitrogens is 1. The molecule has 0 radical (unpaired) electrons. The Kier molecular flexibility index (Phi) is 7.61. The van der Waals surface area contributed by atoms with Crippen LogP contribution in [0.3, 0.4) is 0 Å². The Hall–Kier alpha value is -5.09. The van der Waals surface area contributed by atoms with Crippen molar-refractivity contribution >= 4 is 44.9 Å². The van der Waals surface area contributed by atoms with Crippen LogP contribution in [0.2, 0.25) is 0 Å². The van der Waals surface area contributed by atoms with Crippen LogP contribution >= 0.6 is 15.9 Å². The molecule has 0 saturated carbocycles. The van der Waals surface area contributed by atoms with E-state index in [0.717, 1.165) is 26.5 Å². The van der Waals surface area contributed by atoms with Gasteiger partial charge in [-0.2, -0.15) is 5.10 Å². The van der Waals surface area contributed by atoms with Gasteiger partial charge in [0.05, 0.1) is 18.4 Å². The minimum Gasteiger partial charge on any atom is -0.494 e. The number of benzene rings is 4. The standard InChI is InChI=1S/C32H24BrN3O6/c1-2-39-23-10-11-25-24(16-23)29(19-6-4-3-5-7-19)30(35-25)31(37)36-34-17-21-14-22(33)9-13-26(21)42-32(38)20-8-12-27-28(15-20)41-18-40-27/h3-17,35H,2,18H2,1H3,(H,36,37). The number of halogens is 1. The molecule has 4 aromatic carbocycles.